The molecule has 1 unspecified atom stereocenters. The number of nitrogens with one attached hydrogen (secondary N) is 1. The molecule has 0 aromatic carbocycles. The lowest BCUT2D eigenvalue weighted by Crippen LogP contribution is -2.46. The van der Waals surface area contributed by atoms with Crippen LogP contribution in [-0.4, -0.2) is 23.5 Å². The summed E-state index contributed by atoms with van der Waals surface area (Å²) in [4.78, 5) is 16.7. The van der Waals surface area contributed by atoms with E-state index in [0.717, 1.165) is 5.01 Å². The molecule has 0 bridgehead atoms. The monoisotopic (exact) mass is 367 g/mol. The van der Waals surface area contributed by atoms with Crippen LogP contribution in [0.4, 0.5) is 0 Å². The number of hydrogen-bond donors (Lipinski definition) is 2. The van der Waals surface area contributed by atoms with Gasteiger partial charge in [0.2, 0.25) is 0 Å². The number of thiazole rings is 1. The third kappa shape index (κ3) is 5.69. The molecule has 3 N–H and O–H groups in total. The van der Waals surface area contributed by atoms with Crippen LogP contribution in [0.15, 0.2) is 5.38 Å². The van der Waals surface area contributed by atoms with Crippen LogP contribution in [-0.2, 0) is 0 Å². The smallest absolute Gasteiger partial charge is 0.271 e. The SMILES string of the molecule is CC(C)c1nc(C(=O)NC(CN)C2CCCCC2)cs1.Cl.Cl. The van der Waals surface area contributed by atoms with Crippen LogP contribution in [0.25, 0.3) is 0 Å². The van der Waals surface area contributed by atoms with E-state index in [-0.39, 0.29) is 36.8 Å². The lowest BCUT2D eigenvalue weighted by Gasteiger charge is -2.29. The fraction of sp³-hybridized carbons (Fsp3) is 0.733. The van der Waals surface area contributed by atoms with Gasteiger partial charge in [0.15, 0.2) is 0 Å². The third-order valence-corrected chi connectivity index (χ3v) is 5.18. The highest BCUT2D eigenvalue weighted by Crippen LogP contribution is 2.26. The summed E-state index contributed by atoms with van der Waals surface area (Å²) in [6.07, 6.45) is 6.18. The van der Waals surface area contributed by atoms with Gasteiger partial charge in [0.1, 0.15) is 5.69 Å². The number of amides is 1. The number of halogens is 2. The number of nitrogens with zero attached hydrogens (tertiary/aromatic N) is 1. The molecular weight excluding hydrogens is 341 g/mol. The lowest BCUT2D eigenvalue weighted by atomic mass is 9.84. The van der Waals surface area contributed by atoms with Crippen LogP contribution in [0.1, 0.15) is 67.4 Å². The van der Waals surface area contributed by atoms with E-state index in [9.17, 15) is 4.79 Å². The molecule has 1 aliphatic rings. The molecule has 1 aromatic rings. The zero-order valence-electron chi connectivity index (χ0n) is 13.2. The molecule has 22 heavy (non-hydrogen) atoms. The summed E-state index contributed by atoms with van der Waals surface area (Å²) in [6, 6.07) is 0.0898. The van der Waals surface area contributed by atoms with E-state index in [4.69, 9.17) is 5.73 Å². The van der Waals surface area contributed by atoms with Gasteiger partial charge in [-0.05, 0) is 18.8 Å². The van der Waals surface area contributed by atoms with E-state index < -0.39 is 0 Å². The first-order chi connectivity index (χ1) is 9.61. The van der Waals surface area contributed by atoms with E-state index in [1.807, 2.05) is 5.38 Å². The Balaban J connectivity index is 0.00000220. The Morgan fingerprint density at radius 1 is 1.36 bits per heavy atom. The number of hydrogen-bond acceptors (Lipinski definition) is 4. The third-order valence-electron chi connectivity index (χ3n) is 4.04. The van der Waals surface area contributed by atoms with Gasteiger partial charge in [-0.25, -0.2) is 4.98 Å². The summed E-state index contributed by atoms with van der Waals surface area (Å²) >= 11 is 1.55. The van der Waals surface area contributed by atoms with Gasteiger partial charge in [0.25, 0.3) is 5.91 Å². The minimum absolute atomic E-state index is 0. The van der Waals surface area contributed by atoms with Crippen LogP contribution in [0.2, 0.25) is 0 Å². The van der Waals surface area contributed by atoms with Crippen molar-refractivity contribution in [2.24, 2.45) is 11.7 Å². The van der Waals surface area contributed by atoms with Crippen molar-refractivity contribution < 1.29 is 4.79 Å². The predicted molar refractivity (Wildman–Crippen MR) is 97.6 cm³/mol. The van der Waals surface area contributed by atoms with Gasteiger partial charge in [-0.3, -0.25) is 4.79 Å². The Labute approximate surface area is 149 Å². The average molecular weight is 368 g/mol. The molecule has 0 saturated heterocycles. The Morgan fingerprint density at radius 3 is 2.50 bits per heavy atom. The second kappa shape index (κ2) is 10.4. The summed E-state index contributed by atoms with van der Waals surface area (Å²) in [7, 11) is 0. The first-order valence-corrected chi connectivity index (χ1v) is 8.46. The maximum absolute atomic E-state index is 12.3. The summed E-state index contributed by atoms with van der Waals surface area (Å²) in [6.45, 7) is 4.69. The molecule has 1 aromatic heterocycles. The van der Waals surface area contributed by atoms with Crippen molar-refractivity contribution in [1.82, 2.24) is 10.3 Å². The van der Waals surface area contributed by atoms with E-state index in [0.29, 0.717) is 24.1 Å². The first-order valence-electron chi connectivity index (χ1n) is 7.58. The van der Waals surface area contributed by atoms with Gasteiger partial charge in [0, 0.05) is 23.9 Å². The van der Waals surface area contributed by atoms with Crippen LogP contribution in [0, 0.1) is 5.92 Å². The number of carbonyl (C=O) groups is 1. The molecular formula is C15H27Cl2N3OS. The quantitative estimate of drug-likeness (QED) is 0.832. The molecule has 0 aliphatic heterocycles. The molecule has 1 amide bonds. The summed E-state index contributed by atoms with van der Waals surface area (Å²) in [5.74, 6) is 0.820. The second-order valence-electron chi connectivity index (χ2n) is 5.94. The van der Waals surface area contributed by atoms with Crippen molar-refractivity contribution in [1.29, 1.82) is 0 Å². The number of aromatic nitrogens is 1. The molecule has 1 heterocycles. The first kappa shape index (κ1) is 21.6. The van der Waals surface area contributed by atoms with E-state index in [2.05, 4.69) is 24.1 Å². The van der Waals surface area contributed by atoms with Crippen molar-refractivity contribution in [2.45, 2.75) is 57.9 Å². The zero-order valence-corrected chi connectivity index (χ0v) is 15.7. The highest BCUT2D eigenvalue weighted by molar-refractivity contribution is 7.09. The number of rotatable bonds is 5. The standard InChI is InChI=1S/C15H25N3OS.2ClH/c1-10(2)15-18-13(9-20-15)14(19)17-12(8-16)11-6-4-3-5-7-11;;/h9-12H,3-8,16H2,1-2H3,(H,17,19);2*1H. The molecule has 1 saturated carbocycles. The van der Waals surface area contributed by atoms with Crippen LogP contribution >= 0.6 is 36.2 Å². The second-order valence-corrected chi connectivity index (χ2v) is 6.83. The van der Waals surface area contributed by atoms with Gasteiger partial charge in [0.05, 0.1) is 5.01 Å². The minimum Gasteiger partial charge on any atom is -0.346 e. The molecule has 1 atom stereocenters. The lowest BCUT2D eigenvalue weighted by molar-refractivity contribution is 0.0911. The molecule has 128 valence electrons. The highest BCUT2D eigenvalue weighted by Gasteiger charge is 2.25. The average Bonchev–Trinajstić information content (AvgIpc) is 2.95. The van der Waals surface area contributed by atoms with E-state index in [1.165, 1.54) is 32.1 Å². The largest absolute Gasteiger partial charge is 0.346 e. The Morgan fingerprint density at radius 2 is 2.00 bits per heavy atom. The summed E-state index contributed by atoms with van der Waals surface area (Å²) in [5, 5.41) is 5.94. The maximum Gasteiger partial charge on any atom is 0.271 e. The number of carbonyl (C=O) groups excluding carboxylic acids is 1. The van der Waals surface area contributed by atoms with Crippen molar-refractivity contribution in [3.63, 3.8) is 0 Å². The van der Waals surface area contributed by atoms with Gasteiger partial charge < -0.3 is 11.1 Å². The van der Waals surface area contributed by atoms with Gasteiger partial charge in [-0.2, -0.15) is 0 Å². The Hall–Kier alpha value is -0.360. The van der Waals surface area contributed by atoms with Gasteiger partial charge in [-0.15, -0.1) is 36.2 Å². The Bertz CT molecular complexity index is 448. The zero-order chi connectivity index (χ0) is 14.5. The molecule has 7 heteroatoms. The summed E-state index contributed by atoms with van der Waals surface area (Å²) in [5.41, 5.74) is 6.39. The Kier molecular flexibility index (Phi) is 10.3. The van der Waals surface area contributed by atoms with Crippen molar-refractivity contribution in [3.8, 4) is 0 Å². The summed E-state index contributed by atoms with van der Waals surface area (Å²) < 4.78 is 0. The fourth-order valence-electron chi connectivity index (χ4n) is 2.81. The molecule has 1 aliphatic carbocycles. The molecule has 0 radical (unpaired) electrons. The molecule has 2 rings (SSSR count). The predicted octanol–water partition coefficient (Wildman–Crippen LogP) is 3.75. The highest BCUT2D eigenvalue weighted by atomic mass is 35.5. The molecule has 0 spiro atoms. The van der Waals surface area contributed by atoms with Crippen LogP contribution < -0.4 is 11.1 Å². The van der Waals surface area contributed by atoms with Crippen LogP contribution in [0.5, 0.6) is 0 Å². The van der Waals surface area contributed by atoms with Gasteiger partial charge >= 0.3 is 0 Å². The normalized spacial score (nSPS) is 16.5. The number of nitrogens with two attached hydrogens (primary N) is 1. The van der Waals surface area contributed by atoms with Crippen LogP contribution in [0.3, 0.4) is 0 Å². The maximum atomic E-state index is 12.3. The topological polar surface area (TPSA) is 68.0 Å². The van der Waals surface area contributed by atoms with Crippen molar-refractivity contribution in [3.05, 3.63) is 16.1 Å². The minimum atomic E-state index is -0.0748. The fourth-order valence-corrected chi connectivity index (χ4v) is 3.62. The van der Waals surface area contributed by atoms with E-state index >= 15 is 0 Å². The molecule has 1 fully saturated rings. The van der Waals surface area contributed by atoms with Crippen molar-refractivity contribution >= 4 is 42.1 Å². The molecule has 4 nitrogen and oxygen atoms in total. The van der Waals surface area contributed by atoms with Gasteiger partial charge in [-0.1, -0.05) is 33.1 Å². The van der Waals surface area contributed by atoms with E-state index in [1.54, 1.807) is 11.3 Å². The van der Waals surface area contributed by atoms with Crippen molar-refractivity contribution in [2.75, 3.05) is 6.54 Å².